The molecule has 2 aromatic carbocycles. The molecule has 1 atom stereocenters. The Morgan fingerprint density at radius 2 is 1.74 bits per heavy atom. The molecule has 2 amide bonds. The Morgan fingerprint density at radius 3 is 2.33 bits per heavy atom. The Morgan fingerprint density at radius 1 is 1.11 bits per heavy atom. The number of hydrogen-bond donors (Lipinski definition) is 2. The van der Waals surface area contributed by atoms with Crippen LogP contribution in [0.15, 0.2) is 54.6 Å². The fourth-order valence-electron chi connectivity index (χ4n) is 2.78. The lowest BCUT2D eigenvalue weighted by atomic mass is 10.0. The largest absolute Gasteiger partial charge is 0.465 e. The standard InChI is InChI=1S/C21H23N3O3/c1-16(15-20(25)23-13-12-22)11-14-24(21(26)27)19-9-7-18(8-10-19)17-5-3-2-4-6-17/h2-10,16H,11,13-15H2,1H3,(H,23,25)(H,26,27). The average Bonchev–Trinajstić information content (AvgIpc) is 2.67. The fourth-order valence-corrected chi connectivity index (χ4v) is 2.78. The zero-order valence-corrected chi connectivity index (χ0v) is 15.3. The van der Waals surface area contributed by atoms with Gasteiger partial charge < -0.3 is 10.4 Å². The van der Waals surface area contributed by atoms with E-state index in [-0.39, 0.29) is 24.8 Å². The highest BCUT2D eigenvalue weighted by Crippen LogP contribution is 2.24. The number of nitrogens with zero attached hydrogens (tertiary/aromatic N) is 2. The van der Waals surface area contributed by atoms with Crippen LogP contribution in [0.4, 0.5) is 10.5 Å². The molecule has 0 spiro atoms. The van der Waals surface area contributed by atoms with E-state index in [9.17, 15) is 14.7 Å². The first-order chi connectivity index (χ1) is 13.0. The molecule has 2 rings (SSSR count). The predicted molar refractivity (Wildman–Crippen MR) is 104 cm³/mol. The van der Waals surface area contributed by atoms with Crippen molar-refractivity contribution in [3.8, 4) is 17.2 Å². The van der Waals surface area contributed by atoms with Crippen LogP contribution >= 0.6 is 0 Å². The third-order valence-corrected chi connectivity index (χ3v) is 4.26. The van der Waals surface area contributed by atoms with Crippen LogP contribution in [0.2, 0.25) is 0 Å². The number of carboxylic acid groups (broad SMARTS) is 1. The quantitative estimate of drug-likeness (QED) is 0.694. The molecule has 2 aromatic rings. The summed E-state index contributed by atoms with van der Waals surface area (Å²) in [6.45, 7) is 2.18. The van der Waals surface area contributed by atoms with Gasteiger partial charge in [-0.3, -0.25) is 9.69 Å². The van der Waals surface area contributed by atoms with Gasteiger partial charge in [-0.1, -0.05) is 49.4 Å². The third-order valence-electron chi connectivity index (χ3n) is 4.26. The Hall–Kier alpha value is -3.33. The number of nitriles is 1. The maximum absolute atomic E-state index is 11.6. The van der Waals surface area contributed by atoms with Gasteiger partial charge in [0.15, 0.2) is 0 Å². The molecule has 27 heavy (non-hydrogen) atoms. The van der Waals surface area contributed by atoms with E-state index in [0.717, 1.165) is 11.1 Å². The topological polar surface area (TPSA) is 93.4 Å². The van der Waals surface area contributed by atoms with Crippen molar-refractivity contribution in [2.45, 2.75) is 19.8 Å². The minimum atomic E-state index is -1.02. The van der Waals surface area contributed by atoms with Crippen molar-refractivity contribution in [3.63, 3.8) is 0 Å². The van der Waals surface area contributed by atoms with E-state index in [0.29, 0.717) is 18.7 Å². The van der Waals surface area contributed by atoms with Crippen molar-refractivity contribution in [1.29, 1.82) is 5.26 Å². The summed E-state index contributed by atoms with van der Waals surface area (Å²) in [5.74, 6) is -0.188. The van der Waals surface area contributed by atoms with Gasteiger partial charge in [-0.2, -0.15) is 5.26 Å². The highest BCUT2D eigenvalue weighted by atomic mass is 16.4. The Kier molecular flexibility index (Phi) is 7.38. The van der Waals surface area contributed by atoms with E-state index in [1.807, 2.05) is 55.5 Å². The van der Waals surface area contributed by atoms with Gasteiger partial charge in [0.1, 0.15) is 6.54 Å². The number of nitrogens with one attached hydrogen (secondary N) is 1. The highest BCUT2D eigenvalue weighted by molar-refractivity contribution is 5.86. The number of amides is 2. The Bertz CT molecular complexity index is 798. The van der Waals surface area contributed by atoms with E-state index in [1.54, 1.807) is 12.1 Å². The normalized spacial score (nSPS) is 11.3. The number of anilines is 1. The van der Waals surface area contributed by atoms with Crippen LogP contribution in [-0.2, 0) is 4.79 Å². The minimum absolute atomic E-state index is 0.00846. The first-order valence-corrected chi connectivity index (χ1v) is 8.81. The maximum Gasteiger partial charge on any atom is 0.411 e. The summed E-state index contributed by atoms with van der Waals surface area (Å²) in [6, 6.07) is 19.1. The van der Waals surface area contributed by atoms with Gasteiger partial charge in [-0.05, 0) is 35.6 Å². The molecule has 0 heterocycles. The van der Waals surface area contributed by atoms with Crippen LogP contribution in [-0.4, -0.2) is 30.2 Å². The van der Waals surface area contributed by atoms with Gasteiger partial charge in [0.05, 0.1) is 6.07 Å². The number of carbonyl (C=O) groups excluding carboxylic acids is 1. The van der Waals surface area contributed by atoms with Crippen LogP contribution in [0.5, 0.6) is 0 Å². The molecule has 140 valence electrons. The molecule has 0 aliphatic rings. The van der Waals surface area contributed by atoms with Crippen molar-refractivity contribution in [2.75, 3.05) is 18.0 Å². The lowest BCUT2D eigenvalue weighted by molar-refractivity contribution is -0.121. The second kappa shape index (κ2) is 9.97. The van der Waals surface area contributed by atoms with Gasteiger partial charge in [0.2, 0.25) is 5.91 Å². The molecule has 0 fully saturated rings. The number of hydrogen-bond acceptors (Lipinski definition) is 3. The van der Waals surface area contributed by atoms with E-state index in [2.05, 4.69) is 5.32 Å². The van der Waals surface area contributed by atoms with E-state index in [4.69, 9.17) is 5.26 Å². The number of carbonyl (C=O) groups is 2. The smallest absolute Gasteiger partial charge is 0.411 e. The molecule has 0 saturated heterocycles. The van der Waals surface area contributed by atoms with Crippen LogP contribution in [0.3, 0.4) is 0 Å². The van der Waals surface area contributed by atoms with Gasteiger partial charge in [-0.25, -0.2) is 4.79 Å². The van der Waals surface area contributed by atoms with Crippen LogP contribution in [0, 0.1) is 17.2 Å². The summed E-state index contributed by atoms with van der Waals surface area (Å²) < 4.78 is 0. The summed E-state index contributed by atoms with van der Waals surface area (Å²) >= 11 is 0. The second-order valence-corrected chi connectivity index (χ2v) is 6.38. The first kappa shape index (κ1) is 20.0. The first-order valence-electron chi connectivity index (χ1n) is 8.81. The van der Waals surface area contributed by atoms with E-state index in [1.165, 1.54) is 4.90 Å². The van der Waals surface area contributed by atoms with E-state index < -0.39 is 6.09 Å². The van der Waals surface area contributed by atoms with Gasteiger partial charge in [0, 0.05) is 18.7 Å². The zero-order valence-electron chi connectivity index (χ0n) is 15.3. The molecule has 0 aromatic heterocycles. The van der Waals surface area contributed by atoms with Crippen LogP contribution in [0.1, 0.15) is 19.8 Å². The van der Waals surface area contributed by atoms with Gasteiger partial charge in [-0.15, -0.1) is 0 Å². The zero-order chi connectivity index (χ0) is 19.6. The molecule has 2 N–H and O–H groups in total. The lowest BCUT2D eigenvalue weighted by Gasteiger charge is -2.21. The SMILES string of the molecule is CC(CCN(C(=O)O)c1ccc(-c2ccccc2)cc1)CC(=O)NCC#N. The summed E-state index contributed by atoms with van der Waals surface area (Å²) in [4.78, 5) is 24.6. The molecule has 6 heteroatoms. The van der Waals surface area contributed by atoms with Gasteiger partial charge in [0.25, 0.3) is 0 Å². The fraction of sp³-hybridized carbons (Fsp3) is 0.286. The molecule has 0 aliphatic carbocycles. The molecule has 1 unspecified atom stereocenters. The molecule has 0 radical (unpaired) electrons. The average molecular weight is 365 g/mol. The number of benzene rings is 2. The van der Waals surface area contributed by atoms with Crippen LogP contribution in [0.25, 0.3) is 11.1 Å². The van der Waals surface area contributed by atoms with E-state index >= 15 is 0 Å². The van der Waals surface area contributed by atoms with Crippen molar-refractivity contribution < 1.29 is 14.7 Å². The molecular formula is C21H23N3O3. The summed E-state index contributed by atoms with van der Waals surface area (Å²) in [5, 5.41) is 20.5. The lowest BCUT2D eigenvalue weighted by Crippen LogP contribution is -2.32. The van der Waals surface area contributed by atoms with Crippen LogP contribution < -0.4 is 10.2 Å². The molecular weight excluding hydrogens is 342 g/mol. The number of rotatable bonds is 8. The highest BCUT2D eigenvalue weighted by Gasteiger charge is 2.17. The minimum Gasteiger partial charge on any atom is -0.465 e. The van der Waals surface area contributed by atoms with Crippen molar-refractivity contribution in [2.24, 2.45) is 5.92 Å². The van der Waals surface area contributed by atoms with Crippen molar-refractivity contribution >= 4 is 17.7 Å². The summed E-state index contributed by atoms with van der Waals surface area (Å²) in [6.07, 6.45) is -0.210. The summed E-state index contributed by atoms with van der Waals surface area (Å²) in [5.41, 5.74) is 2.69. The molecule has 6 nitrogen and oxygen atoms in total. The maximum atomic E-state index is 11.6. The Balaban J connectivity index is 1.98. The monoisotopic (exact) mass is 365 g/mol. The third kappa shape index (κ3) is 6.15. The molecule has 0 saturated carbocycles. The summed E-state index contributed by atoms with van der Waals surface area (Å²) in [7, 11) is 0. The van der Waals surface area contributed by atoms with Gasteiger partial charge >= 0.3 is 6.09 Å². The van der Waals surface area contributed by atoms with Crippen molar-refractivity contribution in [3.05, 3.63) is 54.6 Å². The molecule has 0 aliphatic heterocycles. The van der Waals surface area contributed by atoms with Crippen molar-refractivity contribution in [1.82, 2.24) is 5.32 Å². The Labute approximate surface area is 159 Å². The second-order valence-electron chi connectivity index (χ2n) is 6.38. The predicted octanol–water partition coefficient (Wildman–Crippen LogP) is 3.89. The molecule has 0 bridgehead atoms.